The molecule has 0 aliphatic heterocycles. The van der Waals surface area contributed by atoms with Crippen LogP contribution in [0.15, 0.2) is 194 Å². The Labute approximate surface area is 364 Å². The first-order valence-corrected chi connectivity index (χ1v) is 20.4. The summed E-state index contributed by atoms with van der Waals surface area (Å²) in [4.78, 5) is 0. The molecule has 8 aromatic rings. The monoisotopic (exact) mass is 820 g/mol. The number of hydrogen-bond donors (Lipinski definition) is 4. The van der Waals surface area contributed by atoms with Crippen LogP contribution < -0.4 is 41.9 Å². The highest BCUT2D eigenvalue weighted by Crippen LogP contribution is 2.37. The van der Waals surface area contributed by atoms with Gasteiger partial charge in [-0.05, 0) is 119 Å². The molecule has 8 aromatic carbocycles. The molecule has 0 aliphatic rings. The summed E-state index contributed by atoms with van der Waals surface area (Å²) < 4.78 is 23.6. The van der Waals surface area contributed by atoms with Crippen molar-refractivity contribution in [2.24, 2.45) is 0 Å². The van der Waals surface area contributed by atoms with E-state index in [-0.39, 0.29) is 10.8 Å². The maximum Gasteiger partial charge on any atom is 0.129 e. The van der Waals surface area contributed by atoms with E-state index in [4.69, 9.17) is 41.9 Å². The lowest BCUT2D eigenvalue weighted by Crippen LogP contribution is -2.18. The van der Waals surface area contributed by atoms with Crippen molar-refractivity contribution >= 4 is 22.7 Å². The molecule has 0 aromatic heterocycles. The van der Waals surface area contributed by atoms with E-state index < -0.39 is 0 Å². The van der Waals surface area contributed by atoms with Crippen LogP contribution >= 0.6 is 0 Å². The highest BCUT2D eigenvalue weighted by Gasteiger charge is 2.24. The van der Waals surface area contributed by atoms with E-state index in [2.05, 4.69) is 76.2 Å². The minimum Gasteiger partial charge on any atom is -0.457 e. The van der Waals surface area contributed by atoms with E-state index in [1.807, 2.05) is 146 Å². The zero-order valence-electron chi connectivity index (χ0n) is 35.4. The van der Waals surface area contributed by atoms with Crippen LogP contribution in [0, 0.1) is 0 Å². The zero-order chi connectivity index (χ0) is 43.7. The number of nitrogens with two attached hydrogens (primary N) is 4. The fourth-order valence-electron chi connectivity index (χ4n) is 6.95. The Hall–Kier alpha value is -7.84. The molecule has 0 fully saturated rings. The van der Waals surface area contributed by atoms with Crippen LogP contribution in [0.25, 0.3) is 0 Å². The van der Waals surface area contributed by atoms with Gasteiger partial charge >= 0.3 is 0 Å². The summed E-state index contributed by atoms with van der Waals surface area (Å²) in [5.74, 6) is 6.00. The first-order chi connectivity index (χ1) is 29.8. The normalized spacial score (nSPS) is 11.2. The van der Waals surface area contributed by atoms with Crippen molar-refractivity contribution in [1.29, 1.82) is 0 Å². The van der Waals surface area contributed by atoms with Crippen molar-refractivity contribution < 1.29 is 18.9 Å². The maximum absolute atomic E-state index is 5.91. The average Bonchev–Trinajstić information content (AvgIpc) is 3.25. The molecule has 8 nitrogen and oxygen atoms in total. The van der Waals surface area contributed by atoms with Crippen LogP contribution in [-0.2, 0) is 10.8 Å². The zero-order valence-corrected chi connectivity index (χ0v) is 35.4. The standard InChI is InChI=1S/2C27H26N2O2/c2*1-27(2,19-9-13-23(14-10-19)30-25-7-3-5-21(28)17-25)20-11-15-24(16-12-20)31-26-8-4-6-22(29)18-26/h2*3-18H,28-29H2,1-2H3. The highest BCUT2D eigenvalue weighted by atomic mass is 16.5. The van der Waals surface area contributed by atoms with Gasteiger partial charge in [0, 0.05) is 57.8 Å². The lowest BCUT2D eigenvalue weighted by atomic mass is 9.78. The second kappa shape index (κ2) is 18.6. The van der Waals surface area contributed by atoms with E-state index in [0.29, 0.717) is 22.7 Å². The third-order valence-corrected chi connectivity index (χ3v) is 10.7. The van der Waals surface area contributed by atoms with Gasteiger partial charge in [-0.1, -0.05) is 100 Å². The molecule has 312 valence electrons. The summed E-state index contributed by atoms with van der Waals surface area (Å²) >= 11 is 0. The van der Waals surface area contributed by atoms with E-state index in [1.54, 1.807) is 0 Å². The molecular weight excluding hydrogens is 769 g/mol. The Morgan fingerprint density at radius 1 is 0.258 bits per heavy atom. The van der Waals surface area contributed by atoms with Crippen molar-refractivity contribution in [1.82, 2.24) is 0 Å². The van der Waals surface area contributed by atoms with Gasteiger partial charge in [-0.3, -0.25) is 0 Å². The summed E-state index contributed by atoms with van der Waals surface area (Å²) in [5.41, 5.74) is 30.4. The third kappa shape index (κ3) is 10.9. The minimum atomic E-state index is -0.175. The fraction of sp³-hybridized carbons (Fsp3) is 0.111. The van der Waals surface area contributed by atoms with Crippen molar-refractivity contribution in [3.05, 3.63) is 216 Å². The van der Waals surface area contributed by atoms with Gasteiger partial charge in [-0.25, -0.2) is 0 Å². The molecule has 0 bridgehead atoms. The quantitative estimate of drug-likeness (QED) is 0.0893. The second-order valence-electron chi connectivity index (χ2n) is 16.0. The van der Waals surface area contributed by atoms with Gasteiger partial charge in [0.15, 0.2) is 0 Å². The lowest BCUT2D eigenvalue weighted by molar-refractivity contribution is 0.481. The second-order valence-corrected chi connectivity index (χ2v) is 16.0. The van der Waals surface area contributed by atoms with Gasteiger partial charge in [0.2, 0.25) is 0 Å². The Bertz CT molecular complexity index is 2340. The molecule has 0 atom stereocenters. The number of hydrogen-bond acceptors (Lipinski definition) is 8. The molecule has 8 N–H and O–H groups in total. The topological polar surface area (TPSA) is 141 Å². The Balaban J connectivity index is 0.000000186. The summed E-state index contributed by atoms with van der Waals surface area (Å²) in [7, 11) is 0. The molecule has 8 rings (SSSR count). The predicted molar refractivity (Wildman–Crippen MR) is 254 cm³/mol. The first kappa shape index (κ1) is 42.3. The van der Waals surface area contributed by atoms with E-state index in [9.17, 15) is 0 Å². The SMILES string of the molecule is CC(C)(c1ccc(Oc2cccc(N)c2)cc1)c1ccc(Oc2cccc(N)c2)cc1.CC(C)(c1ccc(Oc2cccc(N)c2)cc1)c1ccc(Oc2cccc(N)c2)cc1. The molecule has 0 saturated carbocycles. The van der Waals surface area contributed by atoms with Gasteiger partial charge in [-0.15, -0.1) is 0 Å². The fourth-order valence-corrected chi connectivity index (χ4v) is 6.95. The Morgan fingerprint density at radius 3 is 0.629 bits per heavy atom. The van der Waals surface area contributed by atoms with E-state index >= 15 is 0 Å². The molecule has 0 aliphatic carbocycles. The smallest absolute Gasteiger partial charge is 0.129 e. The summed E-state index contributed by atoms with van der Waals surface area (Å²) in [6.45, 7) is 8.81. The summed E-state index contributed by atoms with van der Waals surface area (Å²) in [5, 5.41) is 0. The van der Waals surface area contributed by atoms with Gasteiger partial charge in [0.05, 0.1) is 0 Å². The van der Waals surface area contributed by atoms with Crippen LogP contribution in [0.4, 0.5) is 22.7 Å². The average molecular weight is 821 g/mol. The van der Waals surface area contributed by atoms with Crippen LogP contribution in [0.1, 0.15) is 49.9 Å². The van der Waals surface area contributed by atoms with E-state index in [0.717, 1.165) is 46.0 Å². The molecular formula is C54H52N4O4. The predicted octanol–water partition coefficient (Wildman–Crippen LogP) is 13.5. The molecule has 62 heavy (non-hydrogen) atoms. The van der Waals surface area contributed by atoms with Gasteiger partial charge in [0.25, 0.3) is 0 Å². The van der Waals surface area contributed by atoms with Crippen molar-refractivity contribution in [2.45, 2.75) is 38.5 Å². The summed E-state index contributed by atoms with van der Waals surface area (Å²) in [6.07, 6.45) is 0. The molecule has 0 spiro atoms. The third-order valence-electron chi connectivity index (χ3n) is 10.7. The van der Waals surface area contributed by atoms with Crippen LogP contribution in [0.3, 0.4) is 0 Å². The van der Waals surface area contributed by atoms with Crippen molar-refractivity contribution in [3.63, 3.8) is 0 Å². The molecule has 0 heterocycles. The lowest BCUT2D eigenvalue weighted by Gasteiger charge is -2.26. The minimum absolute atomic E-state index is 0.175. The van der Waals surface area contributed by atoms with Crippen molar-refractivity contribution in [2.75, 3.05) is 22.9 Å². The molecule has 0 amide bonds. The summed E-state index contributed by atoms with van der Waals surface area (Å²) in [6, 6.07) is 62.3. The van der Waals surface area contributed by atoms with Crippen LogP contribution in [0.2, 0.25) is 0 Å². The number of ether oxygens (including phenoxy) is 4. The van der Waals surface area contributed by atoms with Gasteiger partial charge in [0.1, 0.15) is 46.0 Å². The van der Waals surface area contributed by atoms with Crippen LogP contribution in [0.5, 0.6) is 46.0 Å². The number of nitrogen functional groups attached to an aromatic ring is 4. The maximum atomic E-state index is 5.91. The van der Waals surface area contributed by atoms with Gasteiger partial charge in [-0.2, -0.15) is 0 Å². The Morgan fingerprint density at radius 2 is 0.452 bits per heavy atom. The Kier molecular flexibility index (Phi) is 12.7. The van der Waals surface area contributed by atoms with Crippen LogP contribution in [-0.4, -0.2) is 0 Å². The molecule has 0 radical (unpaired) electrons. The molecule has 0 unspecified atom stereocenters. The number of anilines is 4. The molecule has 8 heteroatoms. The first-order valence-electron chi connectivity index (χ1n) is 20.4. The number of rotatable bonds is 12. The largest absolute Gasteiger partial charge is 0.457 e. The number of benzene rings is 8. The highest BCUT2D eigenvalue weighted by molar-refractivity contribution is 5.50. The van der Waals surface area contributed by atoms with Crippen molar-refractivity contribution in [3.8, 4) is 46.0 Å². The van der Waals surface area contributed by atoms with E-state index in [1.165, 1.54) is 22.3 Å². The molecule has 0 saturated heterocycles. The van der Waals surface area contributed by atoms with Gasteiger partial charge < -0.3 is 41.9 Å².